The number of nitrogens with zero attached hydrogens (tertiary/aromatic N) is 7. The number of rotatable bonds is 3. The van der Waals surface area contributed by atoms with Crippen LogP contribution in [0, 0.1) is 4.77 Å². The smallest absolute Gasteiger partial charge is 0.332 e. The summed E-state index contributed by atoms with van der Waals surface area (Å²) < 4.78 is 6.29. The normalized spacial score (nSPS) is 11.6. The molecule has 0 saturated carbocycles. The van der Waals surface area contributed by atoms with E-state index in [2.05, 4.69) is 15.5 Å². The topological polar surface area (TPSA) is 133 Å². The van der Waals surface area contributed by atoms with Gasteiger partial charge in [0.1, 0.15) is 5.56 Å². The Hall–Kier alpha value is -3.48. The molecule has 3 heterocycles. The fourth-order valence-corrected chi connectivity index (χ4v) is 2.91. The standard InChI is InChI=1S/C15H18N8O4S/c1-19-8-9(20(2)14(27)21(3)12(8)26)17-13(19)18-16-6-7-10(24)22(4)15(28)23(5)11(7)25/h6,24H,1-5H3,(H,17,18)/b16-6+. The van der Waals surface area contributed by atoms with E-state index in [1.54, 1.807) is 7.05 Å². The van der Waals surface area contributed by atoms with E-state index < -0.39 is 16.8 Å². The maximum Gasteiger partial charge on any atom is 0.332 e. The Morgan fingerprint density at radius 3 is 2.25 bits per heavy atom. The van der Waals surface area contributed by atoms with Crippen LogP contribution in [0.15, 0.2) is 19.5 Å². The number of hydrogen-bond donors (Lipinski definition) is 2. The van der Waals surface area contributed by atoms with Crippen molar-refractivity contribution >= 4 is 35.5 Å². The van der Waals surface area contributed by atoms with Crippen LogP contribution >= 0.6 is 12.2 Å². The molecule has 28 heavy (non-hydrogen) atoms. The van der Waals surface area contributed by atoms with Crippen molar-refractivity contribution in [2.75, 3.05) is 5.43 Å². The molecule has 3 aromatic heterocycles. The number of hydrogen-bond acceptors (Lipinski definition) is 8. The Kier molecular flexibility index (Phi) is 4.54. The first-order valence-electron chi connectivity index (χ1n) is 7.98. The molecule has 0 aliphatic heterocycles. The van der Waals surface area contributed by atoms with E-state index in [1.165, 1.54) is 46.5 Å². The third-order valence-corrected chi connectivity index (χ3v) is 5.05. The lowest BCUT2D eigenvalue weighted by molar-refractivity contribution is 0.415. The first-order valence-corrected chi connectivity index (χ1v) is 8.39. The van der Waals surface area contributed by atoms with Crippen LogP contribution < -0.4 is 22.2 Å². The average Bonchev–Trinajstić information content (AvgIpc) is 3.00. The van der Waals surface area contributed by atoms with Crippen LogP contribution in [0.25, 0.3) is 11.2 Å². The van der Waals surface area contributed by atoms with Crippen molar-refractivity contribution in [1.29, 1.82) is 0 Å². The quantitative estimate of drug-likeness (QED) is 0.320. The molecule has 0 radical (unpaired) electrons. The van der Waals surface area contributed by atoms with Gasteiger partial charge in [-0.15, -0.1) is 0 Å². The van der Waals surface area contributed by atoms with Crippen molar-refractivity contribution in [2.24, 2.45) is 40.3 Å². The van der Waals surface area contributed by atoms with Crippen molar-refractivity contribution in [1.82, 2.24) is 27.8 Å². The molecule has 0 spiro atoms. The van der Waals surface area contributed by atoms with Gasteiger partial charge in [-0.1, -0.05) is 0 Å². The lowest BCUT2D eigenvalue weighted by atomic mass is 10.3. The molecule has 0 amide bonds. The van der Waals surface area contributed by atoms with Crippen LogP contribution in [0.1, 0.15) is 5.56 Å². The number of aromatic nitrogens is 6. The zero-order valence-corrected chi connectivity index (χ0v) is 16.6. The Morgan fingerprint density at radius 2 is 1.61 bits per heavy atom. The van der Waals surface area contributed by atoms with Gasteiger partial charge in [0.15, 0.2) is 15.9 Å². The zero-order valence-electron chi connectivity index (χ0n) is 15.8. The van der Waals surface area contributed by atoms with Crippen molar-refractivity contribution in [2.45, 2.75) is 0 Å². The van der Waals surface area contributed by atoms with Crippen molar-refractivity contribution in [3.63, 3.8) is 0 Å². The first kappa shape index (κ1) is 19.3. The molecule has 12 nitrogen and oxygen atoms in total. The molecule has 0 saturated heterocycles. The molecular formula is C15H18N8O4S. The van der Waals surface area contributed by atoms with E-state index >= 15 is 0 Å². The van der Waals surface area contributed by atoms with E-state index in [0.29, 0.717) is 0 Å². The summed E-state index contributed by atoms with van der Waals surface area (Å²) >= 11 is 5.05. The van der Waals surface area contributed by atoms with E-state index in [4.69, 9.17) is 12.2 Å². The number of anilines is 1. The number of fused-ring (bicyclic) bond motifs is 1. The number of imidazole rings is 1. The molecule has 0 unspecified atom stereocenters. The summed E-state index contributed by atoms with van der Waals surface area (Å²) in [5.74, 6) is -0.162. The fourth-order valence-electron chi connectivity index (χ4n) is 2.75. The summed E-state index contributed by atoms with van der Waals surface area (Å²) in [6, 6.07) is 0. The third kappa shape index (κ3) is 2.67. The summed E-state index contributed by atoms with van der Waals surface area (Å²) in [7, 11) is 7.47. The van der Waals surface area contributed by atoms with Gasteiger partial charge in [0, 0.05) is 35.2 Å². The van der Waals surface area contributed by atoms with Gasteiger partial charge in [0.25, 0.3) is 11.1 Å². The molecule has 0 fully saturated rings. The predicted molar refractivity (Wildman–Crippen MR) is 106 cm³/mol. The highest BCUT2D eigenvalue weighted by molar-refractivity contribution is 7.71. The maximum absolute atomic E-state index is 12.4. The molecule has 0 aliphatic rings. The number of hydrazone groups is 1. The van der Waals surface area contributed by atoms with Gasteiger partial charge in [-0.05, 0) is 12.2 Å². The molecule has 13 heteroatoms. The minimum atomic E-state index is -0.521. The first-order chi connectivity index (χ1) is 13.1. The molecule has 0 aromatic carbocycles. The summed E-state index contributed by atoms with van der Waals surface area (Å²) in [5.41, 5.74) is 1.42. The monoisotopic (exact) mass is 406 g/mol. The van der Waals surface area contributed by atoms with Gasteiger partial charge in [-0.25, -0.2) is 10.2 Å². The highest BCUT2D eigenvalue weighted by Gasteiger charge is 2.17. The van der Waals surface area contributed by atoms with Gasteiger partial charge >= 0.3 is 5.69 Å². The Balaban J connectivity index is 2.08. The molecule has 0 aliphatic carbocycles. The zero-order chi connectivity index (χ0) is 20.9. The molecule has 0 bridgehead atoms. The predicted octanol–water partition coefficient (Wildman–Crippen LogP) is -1.11. The second kappa shape index (κ2) is 6.60. The minimum absolute atomic E-state index is 0.0758. The van der Waals surface area contributed by atoms with Crippen LogP contribution in [0.2, 0.25) is 0 Å². The van der Waals surface area contributed by atoms with E-state index in [1.807, 2.05) is 0 Å². The van der Waals surface area contributed by atoms with Crippen LogP contribution in [-0.4, -0.2) is 39.1 Å². The van der Waals surface area contributed by atoms with E-state index in [0.717, 1.165) is 10.8 Å². The van der Waals surface area contributed by atoms with Gasteiger partial charge in [0.05, 0.1) is 6.21 Å². The van der Waals surface area contributed by atoms with E-state index in [9.17, 15) is 19.5 Å². The number of aryl methyl sites for hydroxylation is 2. The van der Waals surface area contributed by atoms with Crippen molar-refractivity contribution < 1.29 is 5.11 Å². The molecule has 3 aromatic rings. The van der Waals surface area contributed by atoms with Crippen LogP contribution in [0.4, 0.5) is 5.95 Å². The molecular weight excluding hydrogens is 388 g/mol. The lowest BCUT2D eigenvalue weighted by Gasteiger charge is -2.09. The average molecular weight is 406 g/mol. The lowest BCUT2D eigenvalue weighted by Crippen LogP contribution is -2.37. The van der Waals surface area contributed by atoms with Gasteiger partial charge in [-0.3, -0.25) is 27.9 Å². The molecule has 0 atom stereocenters. The van der Waals surface area contributed by atoms with Crippen molar-refractivity contribution in [3.8, 4) is 5.88 Å². The fraction of sp³-hybridized carbons (Fsp3) is 0.333. The summed E-state index contributed by atoms with van der Waals surface area (Å²) in [6.07, 6.45) is 1.13. The maximum atomic E-state index is 12.4. The highest BCUT2D eigenvalue weighted by atomic mass is 32.1. The SMILES string of the molecule is Cn1c(O)c(/C=N/Nc2nc3c(c(=O)n(C)c(=O)n3C)n2C)c(=O)n(C)c1=S. The van der Waals surface area contributed by atoms with Gasteiger partial charge in [-0.2, -0.15) is 10.1 Å². The highest BCUT2D eigenvalue weighted by Crippen LogP contribution is 2.14. The number of aromatic hydroxyl groups is 1. The van der Waals surface area contributed by atoms with E-state index in [-0.39, 0.29) is 33.3 Å². The second-order valence-electron chi connectivity index (χ2n) is 6.19. The molecule has 3 rings (SSSR count). The Labute approximate surface area is 162 Å². The Bertz CT molecular complexity index is 1380. The summed E-state index contributed by atoms with van der Waals surface area (Å²) in [6.45, 7) is 0. The third-order valence-electron chi connectivity index (χ3n) is 4.50. The molecule has 148 valence electrons. The Morgan fingerprint density at radius 1 is 0.964 bits per heavy atom. The van der Waals surface area contributed by atoms with Gasteiger partial charge in [0.2, 0.25) is 11.8 Å². The van der Waals surface area contributed by atoms with Crippen LogP contribution in [0.3, 0.4) is 0 Å². The van der Waals surface area contributed by atoms with Crippen LogP contribution in [0.5, 0.6) is 5.88 Å². The second-order valence-corrected chi connectivity index (χ2v) is 6.55. The number of nitrogens with one attached hydrogen (secondary N) is 1. The minimum Gasteiger partial charge on any atom is -0.494 e. The largest absolute Gasteiger partial charge is 0.494 e. The van der Waals surface area contributed by atoms with Crippen LogP contribution in [-0.2, 0) is 35.2 Å². The summed E-state index contributed by atoms with van der Waals surface area (Å²) in [5, 5.41) is 14.1. The van der Waals surface area contributed by atoms with Crippen molar-refractivity contribution in [3.05, 3.63) is 41.5 Å². The molecule has 2 N–H and O–H groups in total. The summed E-state index contributed by atoms with van der Waals surface area (Å²) in [4.78, 5) is 40.9. The van der Waals surface area contributed by atoms with Gasteiger partial charge < -0.3 is 9.67 Å².